The van der Waals surface area contributed by atoms with Crippen LogP contribution in [0.4, 0.5) is 5.69 Å². The van der Waals surface area contributed by atoms with Crippen LogP contribution in [0.2, 0.25) is 0 Å². The van der Waals surface area contributed by atoms with Crippen molar-refractivity contribution in [2.45, 2.75) is 19.3 Å². The van der Waals surface area contributed by atoms with E-state index in [9.17, 15) is 4.79 Å². The van der Waals surface area contributed by atoms with E-state index in [-0.39, 0.29) is 5.92 Å². The number of nitrogens with zero attached hydrogens (tertiary/aromatic N) is 2. The molecule has 1 aliphatic heterocycles. The van der Waals surface area contributed by atoms with Crippen molar-refractivity contribution in [3.05, 3.63) is 24.3 Å². The molecule has 0 spiro atoms. The molecule has 0 bridgehead atoms. The maximum absolute atomic E-state index is 12.8. The van der Waals surface area contributed by atoms with Crippen LogP contribution < -0.4 is 15.4 Å². The molecule has 23 heavy (non-hydrogen) atoms. The fourth-order valence-corrected chi connectivity index (χ4v) is 3.94. The van der Waals surface area contributed by atoms with Crippen LogP contribution in [0.25, 0.3) is 0 Å². The van der Waals surface area contributed by atoms with E-state index < -0.39 is 0 Å². The molecule has 1 heterocycles. The van der Waals surface area contributed by atoms with Gasteiger partial charge in [0.1, 0.15) is 5.75 Å². The Labute approximate surface area is 138 Å². The van der Waals surface area contributed by atoms with Gasteiger partial charge in [0.2, 0.25) is 5.91 Å². The van der Waals surface area contributed by atoms with Gasteiger partial charge in [-0.3, -0.25) is 4.79 Å². The van der Waals surface area contributed by atoms with Crippen LogP contribution in [0, 0.1) is 11.8 Å². The first-order valence-electron chi connectivity index (χ1n) is 8.61. The summed E-state index contributed by atoms with van der Waals surface area (Å²) in [5, 5.41) is 0. The lowest BCUT2D eigenvalue weighted by molar-refractivity contribution is -0.136. The lowest BCUT2D eigenvalue weighted by atomic mass is 9.94. The number of carbonyl (C=O) groups excluding carboxylic acids is 1. The number of nitrogens with two attached hydrogens (primary N) is 1. The van der Waals surface area contributed by atoms with Crippen molar-refractivity contribution in [3.63, 3.8) is 0 Å². The van der Waals surface area contributed by atoms with Crippen LogP contribution in [0.1, 0.15) is 19.3 Å². The Morgan fingerprint density at radius 1 is 1.22 bits per heavy atom. The molecular weight excluding hydrogens is 290 g/mol. The number of rotatable bonds is 4. The van der Waals surface area contributed by atoms with E-state index in [0.29, 0.717) is 18.4 Å². The van der Waals surface area contributed by atoms with Crippen LogP contribution in [-0.2, 0) is 4.79 Å². The fourth-order valence-electron chi connectivity index (χ4n) is 3.94. The number of ether oxygens (including phenoxy) is 1. The second kappa shape index (κ2) is 7.21. The molecule has 1 amide bonds. The smallest absolute Gasteiger partial charge is 0.226 e. The van der Waals surface area contributed by atoms with Crippen LogP contribution in [0.3, 0.4) is 0 Å². The molecule has 1 saturated carbocycles. The molecule has 2 atom stereocenters. The molecule has 5 nitrogen and oxygen atoms in total. The molecule has 2 aliphatic rings. The molecule has 0 aromatic heterocycles. The van der Waals surface area contributed by atoms with Crippen molar-refractivity contribution >= 4 is 11.6 Å². The third-order valence-corrected chi connectivity index (χ3v) is 5.30. The number of carbonyl (C=O) groups is 1. The predicted molar refractivity (Wildman–Crippen MR) is 91.7 cm³/mol. The van der Waals surface area contributed by atoms with Crippen LogP contribution >= 0.6 is 0 Å². The van der Waals surface area contributed by atoms with Gasteiger partial charge in [-0.25, -0.2) is 0 Å². The lowest BCUT2D eigenvalue weighted by Gasteiger charge is -2.38. The average Bonchev–Trinajstić information content (AvgIpc) is 3.10. The second-order valence-corrected chi connectivity index (χ2v) is 6.52. The SMILES string of the molecule is COc1ccccc1N1CCN(C(=O)[C@@H]2CCC[C@@H]2CN)CC1. The highest BCUT2D eigenvalue weighted by atomic mass is 16.5. The van der Waals surface area contributed by atoms with Gasteiger partial charge in [-0.15, -0.1) is 0 Å². The van der Waals surface area contributed by atoms with Crippen molar-refractivity contribution in [2.75, 3.05) is 44.7 Å². The number of para-hydroxylation sites is 2. The largest absolute Gasteiger partial charge is 0.495 e. The standard InChI is InChI=1S/C18H27N3O2/c1-23-17-8-3-2-7-16(17)20-9-11-21(12-10-20)18(22)15-6-4-5-14(15)13-19/h2-3,7-8,14-15H,4-6,9-13,19H2,1H3/t14-,15-/m1/s1. The van der Waals surface area contributed by atoms with Gasteiger partial charge in [0.25, 0.3) is 0 Å². The summed E-state index contributed by atoms with van der Waals surface area (Å²) in [6.07, 6.45) is 3.25. The van der Waals surface area contributed by atoms with Gasteiger partial charge in [0.15, 0.2) is 0 Å². The molecule has 1 saturated heterocycles. The van der Waals surface area contributed by atoms with Gasteiger partial charge in [-0.1, -0.05) is 18.6 Å². The molecule has 2 N–H and O–H groups in total. The number of anilines is 1. The lowest BCUT2D eigenvalue weighted by Crippen LogP contribution is -2.51. The first-order chi connectivity index (χ1) is 11.2. The molecule has 1 aliphatic carbocycles. The molecule has 126 valence electrons. The van der Waals surface area contributed by atoms with E-state index in [4.69, 9.17) is 10.5 Å². The molecular formula is C18H27N3O2. The number of amides is 1. The Morgan fingerprint density at radius 3 is 2.65 bits per heavy atom. The normalized spacial score (nSPS) is 24.8. The summed E-state index contributed by atoms with van der Waals surface area (Å²) in [6.45, 7) is 3.91. The fraction of sp³-hybridized carbons (Fsp3) is 0.611. The zero-order valence-corrected chi connectivity index (χ0v) is 13.9. The Kier molecular flexibility index (Phi) is 5.06. The van der Waals surface area contributed by atoms with Crippen molar-refractivity contribution < 1.29 is 9.53 Å². The summed E-state index contributed by atoms with van der Waals surface area (Å²) >= 11 is 0. The number of benzene rings is 1. The second-order valence-electron chi connectivity index (χ2n) is 6.52. The zero-order valence-electron chi connectivity index (χ0n) is 13.9. The first-order valence-corrected chi connectivity index (χ1v) is 8.61. The highest BCUT2D eigenvalue weighted by Gasteiger charge is 2.35. The predicted octanol–water partition coefficient (Wildman–Crippen LogP) is 1.72. The Balaban J connectivity index is 1.61. The molecule has 5 heteroatoms. The van der Waals surface area contributed by atoms with Gasteiger partial charge in [0, 0.05) is 32.1 Å². The molecule has 2 fully saturated rings. The first kappa shape index (κ1) is 16.1. The summed E-state index contributed by atoms with van der Waals surface area (Å²) in [6, 6.07) is 8.07. The monoisotopic (exact) mass is 317 g/mol. The summed E-state index contributed by atoms with van der Waals surface area (Å²) in [5.41, 5.74) is 6.94. The zero-order chi connectivity index (χ0) is 16.2. The van der Waals surface area contributed by atoms with Crippen LogP contribution in [-0.4, -0.2) is 50.6 Å². The molecule has 3 rings (SSSR count). The van der Waals surface area contributed by atoms with Gasteiger partial charge in [0.05, 0.1) is 12.8 Å². The minimum Gasteiger partial charge on any atom is -0.495 e. The Hall–Kier alpha value is -1.75. The van der Waals surface area contributed by atoms with Crippen molar-refractivity contribution in [1.82, 2.24) is 4.90 Å². The van der Waals surface area contributed by atoms with E-state index in [0.717, 1.165) is 56.9 Å². The maximum atomic E-state index is 12.8. The molecule has 1 aromatic rings. The Bertz CT molecular complexity index is 541. The van der Waals surface area contributed by atoms with Gasteiger partial charge >= 0.3 is 0 Å². The van der Waals surface area contributed by atoms with Crippen molar-refractivity contribution in [1.29, 1.82) is 0 Å². The number of piperazine rings is 1. The molecule has 0 radical (unpaired) electrons. The highest BCUT2D eigenvalue weighted by Crippen LogP contribution is 2.33. The summed E-state index contributed by atoms with van der Waals surface area (Å²) in [7, 11) is 1.70. The number of hydrogen-bond donors (Lipinski definition) is 1. The van der Waals surface area contributed by atoms with E-state index in [1.54, 1.807) is 7.11 Å². The van der Waals surface area contributed by atoms with E-state index in [1.807, 2.05) is 23.1 Å². The highest BCUT2D eigenvalue weighted by molar-refractivity contribution is 5.80. The average molecular weight is 317 g/mol. The quantitative estimate of drug-likeness (QED) is 0.918. The molecule has 0 unspecified atom stereocenters. The van der Waals surface area contributed by atoms with Crippen molar-refractivity contribution in [2.24, 2.45) is 17.6 Å². The van der Waals surface area contributed by atoms with Gasteiger partial charge in [-0.2, -0.15) is 0 Å². The number of hydrogen-bond acceptors (Lipinski definition) is 4. The van der Waals surface area contributed by atoms with E-state index in [2.05, 4.69) is 11.0 Å². The topological polar surface area (TPSA) is 58.8 Å². The Morgan fingerprint density at radius 2 is 1.96 bits per heavy atom. The van der Waals surface area contributed by atoms with Crippen molar-refractivity contribution in [3.8, 4) is 5.75 Å². The summed E-state index contributed by atoms with van der Waals surface area (Å²) in [4.78, 5) is 17.1. The minimum atomic E-state index is 0.151. The summed E-state index contributed by atoms with van der Waals surface area (Å²) < 4.78 is 5.45. The number of methoxy groups -OCH3 is 1. The minimum absolute atomic E-state index is 0.151. The van der Waals surface area contributed by atoms with Gasteiger partial charge in [-0.05, 0) is 37.4 Å². The summed E-state index contributed by atoms with van der Waals surface area (Å²) in [5.74, 6) is 1.75. The van der Waals surface area contributed by atoms with Crippen LogP contribution in [0.15, 0.2) is 24.3 Å². The van der Waals surface area contributed by atoms with E-state index in [1.165, 1.54) is 0 Å². The molecule has 1 aromatic carbocycles. The van der Waals surface area contributed by atoms with Gasteiger partial charge < -0.3 is 20.3 Å². The third-order valence-electron chi connectivity index (χ3n) is 5.30. The van der Waals surface area contributed by atoms with Crippen LogP contribution in [0.5, 0.6) is 5.75 Å². The third kappa shape index (κ3) is 3.29. The van der Waals surface area contributed by atoms with E-state index >= 15 is 0 Å². The maximum Gasteiger partial charge on any atom is 0.226 e.